The van der Waals surface area contributed by atoms with Crippen molar-refractivity contribution >= 4 is 11.9 Å². The van der Waals surface area contributed by atoms with Crippen molar-refractivity contribution in [3.8, 4) is 0 Å². The lowest BCUT2D eigenvalue weighted by molar-refractivity contribution is -0.153. The molecule has 23 heavy (non-hydrogen) atoms. The van der Waals surface area contributed by atoms with Gasteiger partial charge in [-0.3, -0.25) is 9.59 Å². The summed E-state index contributed by atoms with van der Waals surface area (Å²) in [5.41, 5.74) is 0.592. The van der Waals surface area contributed by atoms with E-state index in [0.29, 0.717) is 25.4 Å². The van der Waals surface area contributed by atoms with Crippen molar-refractivity contribution in [2.24, 2.45) is 17.3 Å². The molecule has 1 N–H and O–H groups in total. The van der Waals surface area contributed by atoms with E-state index in [1.54, 1.807) is 0 Å². The molecule has 2 aliphatic carbocycles. The van der Waals surface area contributed by atoms with Gasteiger partial charge in [-0.1, -0.05) is 30.3 Å². The van der Waals surface area contributed by atoms with Crippen molar-refractivity contribution in [3.63, 3.8) is 0 Å². The number of benzene rings is 1. The van der Waals surface area contributed by atoms with Crippen molar-refractivity contribution in [1.29, 1.82) is 0 Å². The van der Waals surface area contributed by atoms with E-state index in [9.17, 15) is 14.7 Å². The lowest BCUT2D eigenvalue weighted by atomic mass is 9.64. The van der Waals surface area contributed by atoms with Crippen molar-refractivity contribution in [1.82, 2.24) is 4.90 Å². The molecule has 0 aromatic heterocycles. The Balaban J connectivity index is 1.56. The summed E-state index contributed by atoms with van der Waals surface area (Å²) >= 11 is 0. The molecule has 1 amide bonds. The van der Waals surface area contributed by atoms with Crippen LogP contribution in [0.2, 0.25) is 0 Å². The van der Waals surface area contributed by atoms with Crippen LogP contribution in [-0.2, 0) is 9.59 Å². The molecule has 0 spiro atoms. The first kappa shape index (κ1) is 14.7. The van der Waals surface area contributed by atoms with Crippen LogP contribution < -0.4 is 0 Å². The van der Waals surface area contributed by atoms with Gasteiger partial charge in [-0.05, 0) is 49.5 Å². The number of nitrogens with zero attached hydrogens (tertiary/aromatic N) is 1. The summed E-state index contributed by atoms with van der Waals surface area (Å²) < 4.78 is 0. The van der Waals surface area contributed by atoms with Gasteiger partial charge in [0.25, 0.3) is 0 Å². The Morgan fingerprint density at radius 1 is 1.13 bits per heavy atom. The number of amides is 1. The van der Waals surface area contributed by atoms with Crippen molar-refractivity contribution < 1.29 is 14.7 Å². The molecular weight excluding hydrogens is 290 g/mol. The van der Waals surface area contributed by atoms with Gasteiger partial charge in [0.2, 0.25) is 5.91 Å². The molecule has 3 aliphatic rings. The quantitative estimate of drug-likeness (QED) is 0.933. The third-order valence-electron chi connectivity index (χ3n) is 6.14. The molecule has 4 nitrogen and oxygen atoms in total. The summed E-state index contributed by atoms with van der Waals surface area (Å²) in [6.45, 7) is 1.05. The lowest BCUT2D eigenvalue weighted by Crippen LogP contribution is -2.43. The molecule has 1 aromatic carbocycles. The van der Waals surface area contributed by atoms with E-state index in [4.69, 9.17) is 0 Å². The van der Waals surface area contributed by atoms with Gasteiger partial charge in [-0.2, -0.15) is 0 Å². The first-order chi connectivity index (χ1) is 11.1. The molecule has 3 atom stereocenters. The minimum absolute atomic E-state index is 0.0849. The van der Waals surface area contributed by atoms with E-state index < -0.39 is 11.4 Å². The maximum atomic E-state index is 12.4. The molecule has 1 aliphatic heterocycles. The monoisotopic (exact) mass is 313 g/mol. The molecule has 0 unspecified atom stereocenters. The highest BCUT2D eigenvalue weighted by Gasteiger charge is 2.56. The molecule has 4 rings (SSSR count). The van der Waals surface area contributed by atoms with Crippen LogP contribution in [0.3, 0.4) is 0 Å². The topological polar surface area (TPSA) is 57.6 Å². The number of aliphatic carboxylic acids is 1. The maximum absolute atomic E-state index is 12.4. The molecule has 1 heterocycles. The minimum atomic E-state index is -0.712. The van der Waals surface area contributed by atoms with Crippen LogP contribution in [0.25, 0.3) is 0 Å². The fourth-order valence-corrected chi connectivity index (χ4v) is 4.58. The fourth-order valence-electron chi connectivity index (χ4n) is 4.58. The molecule has 122 valence electrons. The highest BCUT2D eigenvalue weighted by Crippen LogP contribution is 2.52. The van der Waals surface area contributed by atoms with Crippen LogP contribution in [0.5, 0.6) is 0 Å². The number of fused-ring (bicyclic) bond motifs is 1. The van der Waals surface area contributed by atoms with E-state index in [2.05, 4.69) is 12.1 Å². The molecule has 1 saturated heterocycles. The van der Waals surface area contributed by atoms with Gasteiger partial charge in [0, 0.05) is 19.0 Å². The molecule has 3 fully saturated rings. The Morgan fingerprint density at radius 2 is 1.87 bits per heavy atom. The summed E-state index contributed by atoms with van der Waals surface area (Å²) in [4.78, 5) is 26.3. The van der Waals surface area contributed by atoms with Gasteiger partial charge in [0.05, 0.1) is 5.41 Å². The summed E-state index contributed by atoms with van der Waals surface area (Å²) in [6.07, 6.45) is 4.42. The Morgan fingerprint density at radius 3 is 2.52 bits per heavy atom. The zero-order valence-electron chi connectivity index (χ0n) is 13.3. The molecule has 1 aromatic rings. The van der Waals surface area contributed by atoms with Crippen LogP contribution >= 0.6 is 0 Å². The second-order valence-corrected chi connectivity index (χ2v) is 7.53. The number of hydrogen-bond donors (Lipinski definition) is 1. The zero-order valence-corrected chi connectivity index (χ0v) is 13.3. The van der Waals surface area contributed by atoms with Crippen LogP contribution in [0.1, 0.15) is 43.6 Å². The van der Waals surface area contributed by atoms with E-state index in [0.717, 1.165) is 25.7 Å². The Hall–Kier alpha value is -1.84. The largest absolute Gasteiger partial charge is 0.481 e. The second kappa shape index (κ2) is 5.36. The molecular formula is C19H23NO3. The predicted octanol–water partition coefficient (Wildman–Crippen LogP) is 2.89. The van der Waals surface area contributed by atoms with Gasteiger partial charge >= 0.3 is 5.97 Å². The number of carboxylic acids is 1. The fraction of sp³-hybridized carbons (Fsp3) is 0.579. The van der Waals surface area contributed by atoms with Crippen LogP contribution in [0, 0.1) is 17.3 Å². The normalized spacial score (nSPS) is 33.3. The van der Waals surface area contributed by atoms with E-state index >= 15 is 0 Å². The third-order valence-corrected chi connectivity index (χ3v) is 6.14. The Kier molecular flexibility index (Phi) is 3.43. The number of likely N-dealkylation sites (tertiary alicyclic amines) is 1. The minimum Gasteiger partial charge on any atom is -0.481 e. The van der Waals surface area contributed by atoms with Gasteiger partial charge < -0.3 is 10.0 Å². The van der Waals surface area contributed by atoms with Crippen LogP contribution in [-0.4, -0.2) is 35.0 Å². The molecule has 2 saturated carbocycles. The molecule has 0 radical (unpaired) electrons. The maximum Gasteiger partial charge on any atom is 0.311 e. The number of carboxylic acid groups (broad SMARTS) is 1. The summed E-state index contributed by atoms with van der Waals surface area (Å²) in [5, 5.41) is 9.87. The standard InChI is InChI=1S/C19H23NO3/c21-17(14-6-7-14)20-11-16-10-15(13-4-2-1-3-5-13)8-9-19(16,12-20)18(22)23/h1-5,14-16H,6-12H2,(H,22,23)/t15-,16-,19-/m0/s1. The second-order valence-electron chi connectivity index (χ2n) is 7.53. The number of carbonyl (C=O) groups is 2. The first-order valence-electron chi connectivity index (χ1n) is 8.67. The number of carbonyl (C=O) groups excluding carboxylic acids is 1. The van der Waals surface area contributed by atoms with E-state index in [1.165, 1.54) is 5.56 Å². The van der Waals surface area contributed by atoms with Crippen molar-refractivity contribution in [2.75, 3.05) is 13.1 Å². The summed E-state index contributed by atoms with van der Waals surface area (Å²) in [7, 11) is 0. The summed E-state index contributed by atoms with van der Waals surface area (Å²) in [5.74, 6) is 0.161. The predicted molar refractivity (Wildman–Crippen MR) is 85.9 cm³/mol. The van der Waals surface area contributed by atoms with Gasteiger partial charge in [0.1, 0.15) is 0 Å². The van der Waals surface area contributed by atoms with Gasteiger partial charge in [-0.15, -0.1) is 0 Å². The zero-order chi connectivity index (χ0) is 16.0. The average molecular weight is 313 g/mol. The third kappa shape index (κ3) is 2.44. The highest BCUT2D eigenvalue weighted by atomic mass is 16.4. The first-order valence-corrected chi connectivity index (χ1v) is 8.67. The van der Waals surface area contributed by atoms with E-state index in [-0.39, 0.29) is 17.7 Å². The van der Waals surface area contributed by atoms with Gasteiger partial charge in [-0.25, -0.2) is 0 Å². The molecule has 4 heteroatoms. The van der Waals surface area contributed by atoms with Crippen LogP contribution in [0.4, 0.5) is 0 Å². The highest BCUT2D eigenvalue weighted by molar-refractivity contribution is 5.84. The number of hydrogen-bond acceptors (Lipinski definition) is 2. The van der Waals surface area contributed by atoms with Crippen molar-refractivity contribution in [3.05, 3.63) is 35.9 Å². The van der Waals surface area contributed by atoms with Gasteiger partial charge in [0.15, 0.2) is 0 Å². The Bertz CT molecular complexity index is 625. The Labute approximate surface area is 136 Å². The van der Waals surface area contributed by atoms with E-state index in [1.807, 2.05) is 23.1 Å². The smallest absolute Gasteiger partial charge is 0.311 e. The number of rotatable bonds is 3. The SMILES string of the molecule is O=C(C1CC1)N1C[C@@H]2C[C@@H](c3ccccc3)CC[C@]2(C(=O)O)C1. The molecule has 0 bridgehead atoms. The van der Waals surface area contributed by atoms with Crippen molar-refractivity contribution in [2.45, 2.75) is 38.0 Å². The summed E-state index contributed by atoms with van der Waals surface area (Å²) in [6, 6.07) is 10.4. The average Bonchev–Trinajstić information content (AvgIpc) is 3.34. The lowest BCUT2D eigenvalue weighted by Gasteiger charge is -2.38. The van der Waals surface area contributed by atoms with Crippen LogP contribution in [0.15, 0.2) is 30.3 Å².